The predicted octanol–water partition coefficient (Wildman–Crippen LogP) is 0.612. The average Bonchev–Trinajstić information content (AvgIpc) is 2.19. The predicted molar refractivity (Wildman–Crippen MR) is 63.2 cm³/mol. The molecule has 1 amide bonds. The third kappa shape index (κ3) is 13.5. The molecule has 15 heavy (non-hydrogen) atoms. The average molecular weight is 240 g/mol. The molecule has 0 radical (unpaired) electrons. The van der Waals surface area contributed by atoms with Crippen LogP contribution in [0.1, 0.15) is 25.7 Å². The second-order valence-electron chi connectivity index (χ2n) is 3.05. The van der Waals surface area contributed by atoms with E-state index < -0.39 is 0 Å². The quantitative estimate of drug-likeness (QED) is 0.542. The first-order chi connectivity index (χ1) is 6.81. The molecule has 92 valence electrons. The first-order valence-corrected chi connectivity index (χ1v) is 5.12. The van der Waals surface area contributed by atoms with Crippen LogP contribution in [0.4, 0.5) is 4.79 Å². The number of alkyl carbamates (subject to hydrolysis) is 1. The number of amides is 1. The highest BCUT2D eigenvalue weighted by Gasteiger charge is 1.99. The highest BCUT2D eigenvalue weighted by molar-refractivity contribution is 5.85. The first kappa shape index (κ1) is 16.9. The van der Waals surface area contributed by atoms with Gasteiger partial charge in [-0.3, -0.25) is 0 Å². The minimum atomic E-state index is -0.348. The number of rotatable bonds is 8. The van der Waals surface area contributed by atoms with Crippen molar-refractivity contribution in [2.45, 2.75) is 25.7 Å². The van der Waals surface area contributed by atoms with E-state index in [0.717, 1.165) is 25.7 Å². The second kappa shape index (κ2) is 13.5. The lowest BCUT2D eigenvalue weighted by atomic mass is 10.3. The van der Waals surface area contributed by atoms with Gasteiger partial charge in [-0.1, -0.05) is 0 Å². The summed E-state index contributed by atoms with van der Waals surface area (Å²) in [5.41, 5.74) is 10.6. The van der Waals surface area contributed by atoms with E-state index in [0.29, 0.717) is 26.2 Å². The molecule has 0 spiro atoms. The van der Waals surface area contributed by atoms with Gasteiger partial charge in [-0.25, -0.2) is 4.79 Å². The van der Waals surface area contributed by atoms with E-state index in [1.165, 1.54) is 0 Å². The molecule has 5 nitrogen and oxygen atoms in total. The van der Waals surface area contributed by atoms with Crippen LogP contribution in [0.15, 0.2) is 0 Å². The van der Waals surface area contributed by atoms with Crippen LogP contribution >= 0.6 is 12.4 Å². The maximum Gasteiger partial charge on any atom is 0.407 e. The number of hydrogen-bond acceptors (Lipinski definition) is 4. The third-order valence-electron chi connectivity index (χ3n) is 1.73. The molecule has 0 unspecified atom stereocenters. The molecule has 5 N–H and O–H groups in total. The van der Waals surface area contributed by atoms with E-state index in [1.54, 1.807) is 0 Å². The van der Waals surface area contributed by atoms with Crippen molar-refractivity contribution in [1.29, 1.82) is 0 Å². The van der Waals surface area contributed by atoms with Gasteiger partial charge in [0.15, 0.2) is 0 Å². The van der Waals surface area contributed by atoms with Gasteiger partial charge < -0.3 is 21.5 Å². The Bertz CT molecular complexity index is 133. The number of hydrogen-bond donors (Lipinski definition) is 3. The van der Waals surface area contributed by atoms with Gasteiger partial charge in [-0.05, 0) is 38.8 Å². The van der Waals surface area contributed by atoms with Gasteiger partial charge in [0.1, 0.15) is 0 Å². The van der Waals surface area contributed by atoms with Crippen LogP contribution < -0.4 is 16.8 Å². The van der Waals surface area contributed by atoms with Crippen molar-refractivity contribution in [3.05, 3.63) is 0 Å². The summed E-state index contributed by atoms with van der Waals surface area (Å²) in [6.07, 6.45) is 3.19. The summed E-state index contributed by atoms with van der Waals surface area (Å²) < 4.78 is 4.89. The fraction of sp³-hybridized carbons (Fsp3) is 0.889. The Morgan fingerprint density at radius 1 is 1.07 bits per heavy atom. The third-order valence-corrected chi connectivity index (χ3v) is 1.73. The van der Waals surface area contributed by atoms with Gasteiger partial charge in [0.2, 0.25) is 0 Å². The monoisotopic (exact) mass is 239 g/mol. The fourth-order valence-electron chi connectivity index (χ4n) is 0.922. The SMILES string of the molecule is Cl.NCCCCNC(=O)OCCCCN. The summed E-state index contributed by atoms with van der Waals surface area (Å²) >= 11 is 0. The lowest BCUT2D eigenvalue weighted by Crippen LogP contribution is -2.26. The van der Waals surface area contributed by atoms with Gasteiger partial charge in [0, 0.05) is 6.54 Å². The van der Waals surface area contributed by atoms with Crippen molar-refractivity contribution in [3.63, 3.8) is 0 Å². The lowest BCUT2D eigenvalue weighted by Gasteiger charge is -2.05. The zero-order chi connectivity index (χ0) is 10.6. The van der Waals surface area contributed by atoms with Gasteiger partial charge in [-0.2, -0.15) is 0 Å². The van der Waals surface area contributed by atoms with E-state index in [2.05, 4.69) is 5.32 Å². The van der Waals surface area contributed by atoms with Crippen molar-refractivity contribution >= 4 is 18.5 Å². The lowest BCUT2D eigenvalue weighted by molar-refractivity contribution is 0.144. The van der Waals surface area contributed by atoms with Crippen LogP contribution in [-0.2, 0) is 4.74 Å². The van der Waals surface area contributed by atoms with E-state index in [1.807, 2.05) is 0 Å². The summed E-state index contributed by atoms with van der Waals surface area (Å²) in [4.78, 5) is 11.0. The molecule has 0 fully saturated rings. The number of nitrogens with two attached hydrogens (primary N) is 2. The number of carbonyl (C=O) groups is 1. The van der Waals surface area contributed by atoms with Crippen LogP contribution in [0.5, 0.6) is 0 Å². The largest absolute Gasteiger partial charge is 0.450 e. The first-order valence-electron chi connectivity index (χ1n) is 5.12. The van der Waals surface area contributed by atoms with Gasteiger partial charge >= 0.3 is 6.09 Å². The maximum atomic E-state index is 11.0. The van der Waals surface area contributed by atoms with Crippen LogP contribution in [-0.4, -0.2) is 32.3 Å². The normalized spacial score (nSPS) is 9.20. The second-order valence-corrected chi connectivity index (χ2v) is 3.05. The Hall–Kier alpha value is -0.520. The van der Waals surface area contributed by atoms with Gasteiger partial charge in [-0.15, -0.1) is 12.4 Å². The number of ether oxygens (including phenoxy) is 1. The Morgan fingerprint density at radius 2 is 1.67 bits per heavy atom. The Morgan fingerprint density at radius 3 is 2.27 bits per heavy atom. The number of carbonyl (C=O) groups excluding carboxylic acids is 1. The highest BCUT2D eigenvalue weighted by Crippen LogP contribution is 1.89. The van der Waals surface area contributed by atoms with Gasteiger partial charge in [0.25, 0.3) is 0 Å². The summed E-state index contributed by atoms with van der Waals surface area (Å²) in [6, 6.07) is 0. The molecule has 0 heterocycles. The molecule has 0 aliphatic rings. The molecule has 0 aromatic rings. The van der Waals surface area contributed by atoms with Crippen LogP contribution in [0.2, 0.25) is 0 Å². The van der Waals surface area contributed by atoms with Crippen LogP contribution in [0.25, 0.3) is 0 Å². The maximum absolute atomic E-state index is 11.0. The smallest absolute Gasteiger partial charge is 0.407 e. The molecule has 0 aromatic heterocycles. The molecule has 0 saturated carbocycles. The van der Waals surface area contributed by atoms with Gasteiger partial charge in [0.05, 0.1) is 6.61 Å². The van der Waals surface area contributed by atoms with Crippen molar-refractivity contribution < 1.29 is 9.53 Å². The molecular formula is C9H22ClN3O2. The number of nitrogens with one attached hydrogen (secondary N) is 1. The van der Waals surface area contributed by atoms with Crippen molar-refractivity contribution in [1.82, 2.24) is 5.32 Å². The topological polar surface area (TPSA) is 90.4 Å². The van der Waals surface area contributed by atoms with Crippen molar-refractivity contribution in [2.75, 3.05) is 26.2 Å². The molecule has 0 saturated heterocycles. The minimum Gasteiger partial charge on any atom is -0.450 e. The van der Waals surface area contributed by atoms with E-state index in [9.17, 15) is 4.79 Å². The number of unbranched alkanes of at least 4 members (excludes halogenated alkanes) is 2. The van der Waals surface area contributed by atoms with E-state index in [4.69, 9.17) is 16.2 Å². The standard InChI is InChI=1S/C9H21N3O2.ClH/c10-5-1-3-7-12-9(13)14-8-4-2-6-11;/h1-8,10-11H2,(H,12,13);1H. The summed E-state index contributed by atoms with van der Waals surface area (Å²) in [5.74, 6) is 0. The summed E-state index contributed by atoms with van der Waals surface area (Å²) in [6.45, 7) is 2.38. The zero-order valence-electron chi connectivity index (χ0n) is 9.04. The molecule has 0 aliphatic carbocycles. The Labute approximate surface area is 97.3 Å². The Kier molecular flexibility index (Phi) is 15.2. The number of halogens is 1. The fourth-order valence-corrected chi connectivity index (χ4v) is 0.922. The summed E-state index contributed by atoms with van der Waals surface area (Å²) in [7, 11) is 0. The Balaban J connectivity index is 0. The van der Waals surface area contributed by atoms with E-state index >= 15 is 0 Å². The van der Waals surface area contributed by atoms with Crippen LogP contribution in [0.3, 0.4) is 0 Å². The molecule has 0 bridgehead atoms. The van der Waals surface area contributed by atoms with Crippen LogP contribution in [0, 0.1) is 0 Å². The molecule has 0 rings (SSSR count). The molecule has 6 heteroatoms. The minimum absolute atomic E-state index is 0. The molecule has 0 aliphatic heterocycles. The van der Waals surface area contributed by atoms with E-state index in [-0.39, 0.29) is 18.5 Å². The zero-order valence-corrected chi connectivity index (χ0v) is 9.85. The highest BCUT2D eigenvalue weighted by atomic mass is 35.5. The van der Waals surface area contributed by atoms with Crippen molar-refractivity contribution in [3.8, 4) is 0 Å². The summed E-state index contributed by atoms with van der Waals surface area (Å²) in [5, 5.41) is 2.65. The molecule has 0 aromatic carbocycles. The molecule has 0 atom stereocenters. The molecular weight excluding hydrogens is 218 g/mol. The van der Waals surface area contributed by atoms with Crippen molar-refractivity contribution in [2.24, 2.45) is 11.5 Å².